The van der Waals surface area contributed by atoms with Crippen LogP contribution in [0.15, 0.2) is 65.1 Å². The van der Waals surface area contributed by atoms with E-state index < -0.39 is 30.0 Å². The zero-order valence-corrected chi connectivity index (χ0v) is 18.2. The number of amides is 1. The molecular weight excluding hydrogens is 479 g/mol. The van der Waals surface area contributed by atoms with Gasteiger partial charge in [-0.3, -0.25) is 9.80 Å². The molecular formula is C22H15ClF3N3O3S. The third-order valence-corrected chi connectivity index (χ3v) is 6.26. The highest BCUT2D eigenvalue weighted by Gasteiger charge is 2.53. The molecule has 6 nitrogen and oxygen atoms in total. The largest absolute Gasteiger partial charge is 0.478 e. The molecule has 2 atom stereocenters. The van der Waals surface area contributed by atoms with Gasteiger partial charge in [-0.1, -0.05) is 41.9 Å². The third kappa shape index (κ3) is 4.57. The quantitative estimate of drug-likeness (QED) is 0.473. The van der Waals surface area contributed by atoms with Gasteiger partial charge in [0.2, 0.25) is 5.91 Å². The summed E-state index contributed by atoms with van der Waals surface area (Å²) in [5.74, 6) is -4.01. The number of carbonyl (C=O) groups excluding carboxylic acids is 1. The van der Waals surface area contributed by atoms with E-state index in [2.05, 4.69) is 10.4 Å². The van der Waals surface area contributed by atoms with Crippen LogP contribution in [0.1, 0.15) is 10.4 Å². The second-order valence-corrected chi connectivity index (χ2v) is 8.43. The lowest BCUT2D eigenvalue weighted by Gasteiger charge is -2.29. The normalized spacial score (nSPS) is 17.9. The van der Waals surface area contributed by atoms with Crippen LogP contribution in [-0.4, -0.2) is 35.4 Å². The zero-order chi connectivity index (χ0) is 23.8. The van der Waals surface area contributed by atoms with Crippen LogP contribution in [0.2, 0.25) is 5.02 Å². The molecule has 0 fully saturated rings. The number of rotatable bonds is 5. The fourth-order valence-corrected chi connectivity index (χ4v) is 4.63. The Hall–Kier alpha value is -3.37. The Bertz CT molecular complexity index is 1210. The highest BCUT2D eigenvalue weighted by molar-refractivity contribution is 7.14. The minimum atomic E-state index is -4.77. The van der Waals surface area contributed by atoms with Crippen molar-refractivity contribution >= 4 is 52.4 Å². The number of thiophene rings is 1. The summed E-state index contributed by atoms with van der Waals surface area (Å²) < 4.78 is 41.7. The fourth-order valence-electron chi connectivity index (χ4n) is 3.50. The number of hydrogen-bond donors (Lipinski definition) is 2. The van der Waals surface area contributed by atoms with E-state index in [-0.39, 0.29) is 16.9 Å². The number of para-hydroxylation sites is 1. The summed E-state index contributed by atoms with van der Waals surface area (Å²) in [7, 11) is 0. The van der Waals surface area contributed by atoms with Crippen molar-refractivity contribution < 1.29 is 27.9 Å². The number of halogens is 4. The smallest absolute Gasteiger partial charge is 0.412 e. The van der Waals surface area contributed by atoms with Crippen molar-refractivity contribution in [1.82, 2.24) is 0 Å². The average Bonchev–Trinajstić information content (AvgIpc) is 3.40. The molecule has 1 amide bonds. The Balaban J connectivity index is 1.63. The van der Waals surface area contributed by atoms with Gasteiger partial charge < -0.3 is 10.4 Å². The Kier molecular flexibility index (Phi) is 6.13. The molecule has 2 N–H and O–H groups in total. The first-order valence-corrected chi connectivity index (χ1v) is 10.8. The number of aromatic carboxylic acids is 1. The van der Waals surface area contributed by atoms with Gasteiger partial charge in [-0.25, -0.2) is 4.79 Å². The standard InChI is InChI=1S/C22H15ClF3N3O3S/c23-13-8-6-12(7-9-13)18-17(21(31)32)16(11-33-18)28-20(30)15-10-27-29(19(15)22(24,25)26)14-4-2-1-3-5-14/h1-11,15,19H,(H,28,30)(H,31,32). The van der Waals surface area contributed by atoms with E-state index in [0.717, 1.165) is 22.6 Å². The predicted octanol–water partition coefficient (Wildman–Crippen LogP) is 5.76. The summed E-state index contributed by atoms with van der Waals surface area (Å²) in [4.78, 5) is 25.1. The molecule has 0 aliphatic carbocycles. The van der Waals surface area contributed by atoms with Crippen molar-refractivity contribution in [3.63, 3.8) is 0 Å². The molecule has 3 aromatic rings. The first-order valence-electron chi connectivity index (χ1n) is 9.53. The lowest BCUT2D eigenvalue weighted by Crippen LogP contribution is -2.48. The van der Waals surface area contributed by atoms with Gasteiger partial charge in [-0.15, -0.1) is 11.3 Å². The van der Waals surface area contributed by atoms with Crippen molar-refractivity contribution in [2.24, 2.45) is 11.0 Å². The van der Waals surface area contributed by atoms with Crippen molar-refractivity contribution in [1.29, 1.82) is 0 Å². The molecule has 0 saturated heterocycles. The molecule has 2 unspecified atom stereocenters. The minimum absolute atomic E-state index is 0.0880. The van der Waals surface area contributed by atoms with Crippen LogP contribution in [-0.2, 0) is 4.79 Å². The monoisotopic (exact) mass is 493 g/mol. The van der Waals surface area contributed by atoms with Gasteiger partial charge in [-0.2, -0.15) is 18.3 Å². The number of carboxylic acid groups (broad SMARTS) is 1. The number of alkyl halides is 3. The molecule has 0 saturated carbocycles. The number of nitrogens with one attached hydrogen (secondary N) is 1. The molecule has 2 heterocycles. The number of carboxylic acids is 1. The van der Waals surface area contributed by atoms with Crippen LogP contribution in [0.4, 0.5) is 24.5 Å². The topological polar surface area (TPSA) is 82.0 Å². The van der Waals surface area contributed by atoms with Gasteiger partial charge in [0.15, 0.2) is 6.04 Å². The van der Waals surface area contributed by atoms with Gasteiger partial charge in [0.25, 0.3) is 0 Å². The van der Waals surface area contributed by atoms with Crippen molar-refractivity contribution in [3.05, 3.63) is 70.6 Å². The van der Waals surface area contributed by atoms with E-state index in [9.17, 15) is 27.9 Å². The lowest BCUT2D eigenvalue weighted by atomic mass is 9.99. The van der Waals surface area contributed by atoms with E-state index in [1.807, 2.05) is 0 Å². The van der Waals surface area contributed by atoms with Gasteiger partial charge in [0, 0.05) is 16.6 Å². The highest BCUT2D eigenvalue weighted by Crippen LogP contribution is 2.39. The maximum absolute atomic E-state index is 13.9. The summed E-state index contributed by atoms with van der Waals surface area (Å²) >= 11 is 6.92. The third-order valence-electron chi connectivity index (χ3n) is 4.98. The Morgan fingerprint density at radius 3 is 2.36 bits per heavy atom. The van der Waals surface area contributed by atoms with E-state index in [1.165, 1.54) is 17.5 Å². The molecule has 0 radical (unpaired) electrons. The Morgan fingerprint density at radius 1 is 1.09 bits per heavy atom. The molecule has 1 aliphatic heterocycles. The predicted molar refractivity (Wildman–Crippen MR) is 121 cm³/mol. The van der Waals surface area contributed by atoms with Crippen LogP contribution < -0.4 is 10.3 Å². The maximum atomic E-state index is 13.9. The maximum Gasteiger partial charge on any atom is 0.412 e. The number of carbonyl (C=O) groups is 2. The highest BCUT2D eigenvalue weighted by atomic mass is 35.5. The minimum Gasteiger partial charge on any atom is -0.478 e. The summed E-state index contributed by atoms with van der Waals surface area (Å²) in [6, 6.07) is 11.9. The fraction of sp³-hybridized carbons (Fsp3) is 0.136. The Labute approximate surface area is 194 Å². The Morgan fingerprint density at radius 2 is 1.76 bits per heavy atom. The van der Waals surface area contributed by atoms with Crippen molar-refractivity contribution in [3.8, 4) is 10.4 Å². The molecule has 0 bridgehead atoms. The van der Waals surface area contributed by atoms with Crippen LogP contribution in [0, 0.1) is 5.92 Å². The zero-order valence-electron chi connectivity index (χ0n) is 16.6. The number of hydrazone groups is 1. The van der Waals surface area contributed by atoms with Crippen molar-refractivity contribution in [2.45, 2.75) is 12.2 Å². The van der Waals surface area contributed by atoms with Crippen LogP contribution >= 0.6 is 22.9 Å². The second kappa shape index (κ2) is 8.87. The van der Waals surface area contributed by atoms with Crippen LogP contribution in [0.5, 0.6) is 0 Å². The van der Waals surface area contributed by atoms with Gasteiger partial charge in [-0.05, 0) is 29.8 Å². The number of hydrogen-bond acceptors (Lipinski definition) is 5. The molecule has 33 heavy (non-hydrogen) atoms. The van der Waals surface area contributed by atoms with Crippen LogP contribution in [0.25, 0.3) is 10.4 Å². The van der Waals surface area contributed by atoms with E-state index in [1.54, 1.807) is 42.5 Å². The van der Waals surface area contributed by atoms with Gasteiger partial charge in [0.1, 0.15) is 11.5 Å². The average molecular weight is 494 g/mol. The first kappa shape index (κ1) is 22.8. The SMILES string of the molecule is O=C(O)c1c(NC(=O)C2C=NN(c3ccccc3)C2C(F)(F)F)csc1-c1ccc(Cl)cc1. The molecule has 11 heteroatoms. The lowest BCUT2D eigenvalue weighted by molar-refractivity contribution is -0.157. The molecule has 170 valence electrons. The molecule has 0 spiro atoms. The van der Waals surface area contributed by atoms with Gasteiger partial charge in [0.05, 0.1) is 16.3 Å². The summed E-state index contributed by atoms with van der Waals surface area (Å²) in [6.07, 6.45) is -3.85. The molecule has 1 aromatic heterocycles. The number of benzene rings is 2. The molecule has 1 aliphatic rings. The first-order chi connectivity index (χ1) is 15.7. The van der Waals surface area contributed by atoms with Crippen molar-refractivity contribution in [2.75, 3.05) is 10.3 Å². The van der Waals surface area contributed by atoms with Crippen LogP contribution in [0.3, 0.4) is 0 Å². The number of nitrogens with zero attached hydrogens (tertiary/aromatic N) is 2. The van der Waals surface area contributed by atoms with Gasteiger partial charge >= 0.3 is 12.1 Å². The van der Waals surface area contributed by atoms with E-state index >= 15 is 0 Å². The second-order valence-electron chi connectivity index (χ2n) is 7.11. The summed E-state index contributed by atoms with van der Waals surface area (Å²) in [5, 5.41) is 18.5. The van der Waals surface area contributed by atoms with E-state index in [4.69, 9.17) is 11.6 Å². The summed E-state index contributed by atoms with van der Waals surface area (Å²) in [5.41, 5.74) is 0.426. The molecule has 2 aromatic carbocycles. The summed E-state index contributed by atoms with van der Waals surface area (Å²) in [6.45, 7) is 0. The molecule has 4 rings (SSSR count). The van der Waals surface area contributed by atoms with E-state index in [0.29, 0.717) is 15.5 Å². The number of anilines is 2.